The Morgan fingerprint density at radius 1 is 1.24 bits per heavy atom. The summed E-state index contributed by atoms with van der Waals surface area (Å²) >= 11 is 3.21. The molecule has 0 aliphatic rings. The van der Waals surface area contributed by atoms with E-state index in [-0.39, 0.29) is 10.7 Å². The molecule has 0 aliphatic heterocycles. The van der Waals surface area contributed by atoms with Crippen LogP contribution in [0.2, 0.25) is 0 Å². The smallest absolute Gasteiger partial charge is 0.185 e. The summed E-state index contributed by atoms with van der Waals surface area (Å²) in [7, 11) is -3.47. The largest absolute Gasteiger partial charge is 0.299 e. The minimum absolute atomic E-state index is 0.218. The van der Waals surface area contributed by atoms with Crippen LogP contribution in [0.1, 0.15) is 18.4 Å². The number of hydrogen-bond acceptors (Lipinski definition) is 3. The summed E-state index contributed by atoms with van der Waals surface area (Å²) in [6, 6.07) is 6.55. The molecule has 0 saturated carbocycles. The summed E-state index contributed by atoms with van der Waals surface area (Å²) < 4.78 is 23.8. The van der Waals surface area contributed by atoms with Crippen LogP contribution >= 0.6 is 15.9 Å². The van der Waals surface area contributed by atoms with E-state index in [0.717, 1.165) is 5.56 Å². The number of rotatable bonds is 6. The second-order valence-electron chi connectivity index (χ2n) is 3.90. The number of alkyl halides is 1. The third-order valence-electron chi connectivity index (χ3n) is 2.32. The van der Waals surface area contributed by atoms with E-state index in [1.54, 1.807) is 24.3 Å². The van der Waals surface area contributed by atoms with Gasteiger partial charge in [0.2, 0.25) is 0 Å². The van der Waals surface area contributed by atoms with Crippen LogP contribution < -0.4 is 0 Å². The minimum Gasteiger partial charge on any atom is -0.299 e. The summed E-state index contributed by atoms with van der Waals surface area (Å²) in [4.78, 5) is 11.7. The first-order valence-electron chi connectivity index (χ1n) is 5.33. The molecule has 1 aromatic carbocycles. The van der Waals surface area contributed by atoms with Crippen LogP contribution in [-0.4, -0.2) is 25.3 Å². The normalized spacial score (nSPS) is 11.4. The van der Waals surface area contributed by atoms with E-state index in [1.807, 2.05) is 6.92 Å². The van der Waals surface area contributed by atoms with Gasteiger partial charge in [-0.15, -0.1) is 0 Å². The van der Waals surface area contributed by atoms with Gasteiger partial charge in [0.25, 0.3) is 0 Å². The number of carbonyl (C=O) groups excluding carboxylic acids is 1. The van der Waals surface area contributed by atoms with Crippen LogP contribution in [0.25, 0.3) is 0 Å². The quantitative estimate of drug-likeness (QED) is 0.757. The molecule has 0 unspecified atom stereocenters. The van der Waals surface area contributed by atoms with Gasteiger partial charge in [-0.25, -0.2) is 8.42 Å². The second-order valence-corrected chi connectivity index (χ2v) is 6.69. The van der Waals surface area contributed by atoms with Gasteiger partial charge >= 0.3 is 0 Å². The van der Waals surface area contributed by atoms with Crippen molar-refractivity contribution in [2.45, 2.75) is 24.7 Å². The number of carbonyl (C=O) groups is 1. The maximum atomic E-state index is 11.9. The highest BCUT2D eigenvalue weighted by Gasteiger charge is 2.18. The first kappa shape index (κ1) is 14.4. The second kappa shape index (κ2) is 6.31. The number of ketones is 1. The van der Waals surface area contributed by atoms with E-state index in [1.165, 1.54) is 0 Å². The lowest BCUT2D eigenvalue weighted by atomic mass is 10.2. The van der Waals surface area contributed by atoms with E-state index in [0.29, 0.717) is 18.2 Å². The van der Waals surface area contributed by atoms with Gasteiger partial charge in [-0.3, -0.25) is 4.79 Å². The average Bonchev–Trinajstić information content (AvgIpc) is 2.26. The maximum absolute atomic E-state index is 11.9. The minimum atomic E-state index is -3.47. The predicted octanol–water partition coefficient (Wildman–Crippen LogP) is 2.51. The van der Waals surface area contributed by atoms with Crippen LogP contribution in [0, 0.1) is 6.92 Å². The highest BCUT2D eigenvalue weighted by Crippen LogP contribution is 2.13. The molecule has 0 amide bonds. The summed E-state index contributed by atoms with van der Waals surface area (Å²) in [5, 5.41) is 0.712. The molecule has 1 aromatic rings. The molecule has 0 bridgehead atoms. The van der Waals surface area contributed by atoms with Crippen molar-refractivity contribution in [2.24, 2.45) is 0 Å². The Bertz CT molecular complexity index is 477. The van der Waals surface area contributed by atoms with Gasteiger partial charge in [0.05, 0.1) is 4.90 Å². The average molecular weight is 319 g/mol. The molecular weight excluding hydrogens is 304 g/mol. The van der Waals surface area contributed by atoms with Gasteiger partial charge in [-0.2, -0.15) is 0 Å². The molecule has 0 atom stereocenters. The van der Waals surface area contributed by atoms with Crippen LogP contribution in [0.5, 0.6) is 0 Å². The highest BCUT2D eigenvalue weighted by molar-refractivity contribution is 9.09. The molecule has 0 heterocycles. The van der Waals surface area contributed by atoms with E-state index in [9.17, 15) is 13.2 Å². The zero-order chi connectivity index (χ0) is 12.9. The Hall–Kier alpha value is -0.680. The Balaban J connectivity index is 2.75. The van der Waals surface area contributed by atoms with E-state index >= 15 is 0 Å². The number of benzene rings is 1. The molecule has 0 aliphatic carbocycles. The standard InChI is InChI=1S/C12H15BrO3S/c1-10-4-6-12(7-5-10)17(15,16)9-11(14)3-2-8-13/h4-7H,2-3,8-9H2,1H3. The molecule has 0 saturated heterocycles. The third kappa shape index (κ3) is 4.60. The fraction of sp³-hybridized carbons (Fsp3) is 0.417. The van der Waals surface area contributed by atoms with Crippen molar-refractivity contribution in [3.8, 4) is 0 Å². The van der Waals surface area contributed by atoms with E-state index in [2.05, 4.69) is 15.9 Å². The van der Waals surface area contributed by atoms with Crippen LogP contribution in [0.3, 0.4) is 0 Å². The predicted molar refractivity (Wildman–Crippen MR) is 71.3 cm³/mol. The SMILES string of the molecule is Cc1ccc(S(=O)(=O)CC(=O)CCCBr)cc1. The Kier molecular flexibility index (Phi) is 5.33. The zero-order valence-electron chi connectivity index (χ0n) is 9.65. The van der Waals surface area contributed by atoms with Crippen molar-refractivity contribution < 1.29 is 13.2 Å². The summed E-state index contributed by atoms with van der Waals surface area (Å²) in [5.41, 5.74) is 0.995. The number of aryl methyl sites for hydroxylation is 1. The van der Waals surface area contributed by atoms with E-state index < -0.39 is 15.6 Å². The molecule has 0 spiro atoms. The number of Topliss-reactive ketones (excluding diaryl/α,β-unsaturated/α-hetero) is 1. The van der Waals surface area contributed by atoms with Crippen molar-refractivity contribution >= 4 is 31.6 Å². The van der Waals surface area contributed by atoms with Crippen LogP contribution in [0.4, 0.5) is 0 Å². The van der Waals surface area contributed by atoms with Gasteiger partial charge in [0.15, 0.2) is 9.84 Å². The van der Waals surface area contributed by atoms with Crippen molar-refractivity contribution in [3.63, 3.8) is 0 Å². The first-order valence-corrected chi connectivity index (χ1v) is 8.10. The fourth-order valence-corrected chi connectivity index (χ4v) is 2.94. The first-order chi connectivity index (χ1) is 7.95. The Morgan fingerprint density at radius 3 is 2.35 bits per heavy atom. The molecule has 0 radical (unpaired) electrons. The van der Waals surface area contributed by atoms with Gasteiger partial charge in [-0.1, -0.05) is 33.6 Å². The molecular formula is C12H15BrO3S. The Morgan fingerprint density at radius 2 is 1.82 bits per heavy atom. The Labute approximate surface area is 110 Å². The molecule has 0 N–H and O–H groups in total. The number of hydrogen-bond donors (Lipinski definition) is 0. The topological polar surface area (TPSA) is 51.2 Å². The van der Waals surface area contributed by atoms with Gasteiger partial charge in [0, 0.05) is 11.8 Å². The number of sulfone groups is 1. The molecule has 0 aromatic heterocycles. The molecule has 1 rings (SSSR count). The lowest BCUT2D eigenvalue weighted by molar-refractivity contribution is -0.116. The molecule has 17 heavy (non-hydrogen) atoms. The van der Waals surface area contributed by atoms with Crippen molar-refractivity contribution in [1.82, 2.24) is 0 Å². The van der Waals surface area contributed by atoms with Gasteiger partial charge in [-0.05, 0) is 25.5 Å². The van der Waals surface area contributed by atoms with Crippen molar-refractivity contribution in [1.29, 1.82) is 0 Å². The van der Waals surface area contributed by atoms with Crippen molar-refractivity contribution in [3.05, 3.63) is 29.8 Å². The van der Waals surface area contributed by atoms with Crippen LogP contribution in [0.15, 0.2) is 29.2 Å². The number of halogens is 1. The van der Waals surface area contributed by atoms with E-state index in [4.69, 9.17) is 0 Å². The maximum Gasteiger partial charge on any atom is 0.185 e. The van der Waals surface area contributed by atoms with Gasteiger partial charge in [0.1, 0.15) is 11.5 Å². The summed E-state index contributed by atoms with van der Waals surface area (Å²) in [6.07, 6.45) is 0.971. The fourth-order valence-electron chi connectivity index (χ4n) is 1.38. The molecule has 5 heteroatoms. The summed E-state index contributed by atoms with van der Waals surface area (Å²) in [5.74, 6) is -0.631. The zero-order valence-corrected chi connectivity index (χ0v) is 12.1. The van der Waals surface area contributed by atoms with Crippen molar-refractivity contribution in [2.75, 3.05) is 11.1 Å². The summed E-state index contributed by atoms with van der Waals surface area (Å²) in [6.45, 7) is 1.89. The lowest BCUT2D eigenvalue weighted by Crippen LogP contribution is -2.16. The third-order valence-corrected chi connectivity index (χ3v) is 4.57. The van der Waals surface area contributed by atoms with Crippen LogP contribution in [-0.2, 0) is 14.6 Å². The molecule has 3 nitrogen and oxygen atoms in total. The molecule has 94 valence electrons. The lowest BCUT2D eigenvalue weighted by Gasteiger charge is -2.04. The van der Waals surface area contributed by atoms with Gasteiger partial charge < -0.3 is 0 Å². The molecule has 0 fully saturated rings. The highest BCUT2D eigenvalue weighted by atomic mass is 79.9. The monoisotopic (exact) mass is 318 g/mol.